The number of likely N-dealkylation sites (tertiary alicyclic amines) is 1. The highest BCUT2D eigenvalue weighted by molar-refractivity contribution is 5.80. The molecule has 0 radical (unpaired) electrons. The molecule has 1 fully saturated rings. The van der Waals surface area contributed by atoms with Crippen molar-refractivity contribution in [3.05, 3.63) is 59.9 Å². The fourth-order valence-electron chi connectivity index (χ4n) is 4.57. The first-order valence-electron chi connectivity index (χ1n) is 11.3. The second-order valence-electron chi connectivity index (χ2n) is 8.66. The minimum absolute atomic E-state index is 0.0378. The molecule has 9 nitrogen and oxygen atoms in total. The third kappa shape index (κ3) is 3.90. The molecule has 6 rings (SSSR count). The molecule has 0 bridgehead atoms. The molecule has 2 aliphatic rings. The Morgan fingerprint density at radius 1 is 1.06 bits per heavy atom. The Morgan fingerprint density at radius 2 is 1.94 bits per heavy atom. The highest BCUT2D eigenvalue weighted by Gasteiger charge is 2.26. The van der Waals surface area contributed by atoms with Crippen LogP contribution in [0.2, 0.25) is 0 Å². The number of hydrogen-bond acceptors (Lipinski definition) is 7. The quantitative estimate of drug-likeness (QED) is 0.473. The van der Waals surface area contributed by atoms with Crippen molar-refractivity contribution in [3.8, 4) is 0 Å². The van der Waals surface area contributed by atoms with Crippen molar-refractivity contribution >= 4 is 34.2 Å². The van der Waals surface area contributed by atoms with Crippen LogP contribution in [0.1, 0.15) is 30.0 Å². The summed E-state index contributed by atoms with van der Waals surface area (Å²) in [5, 5.41) is 16.0. The van der Waals surface area contributed by atoms with Crippen LogP contribution in [0.3, 0.4) is 0 Å². The van der Waals surface area contributed by atoms with Gasteiger partial charge in [0, 0.05) is 30.9 Å². The number of nitrogens with zero attached hydrogens (tertiary/aromatic N) is 8. The van der Waals surface area contributed by atoms with E-state index >= 15 is 0 Å². The smallest absolute Gasteiger partial charge is 0.243 e. The normalized spacial score (nSPS) is 18.1. The molecular weight excluding hydrogens is 416 g/mol. The van der Waals surface area contributed by atoms with Crippen molar-refractivity contribution in [2.24, 2.45) is 5.10 Å². The fourth-order valence-corrected chi connectivity index (χ4v) is 4.57. The lowest BCUT2D eigenvalue weighted by molar-refractivity contribution is -0.131. The Balaban J connectivity index is 1.19. The zero-order valence-electron chi connectivity index (χ0n) is 18.2. The van der Waals surface area contributed by atoms with E-state index in [2.05, 4.69) is 38.6 Å². The van der Waals surface area contributed by atoms with Gasteiger partial charge in [-0.1, -0.05) is 17.3 Å². The summed E-state index contributed by atoms with van der Waals surface area (Å²) in [4.78, 5) is 23.6. The van der Waals surface area contributed by atoms with Gasteiger partial charge in [0.1, 0.15) is 12.1 Å². The van der Waals surface area contributed by atoms with Gasteiger partial charge in [-0.3, -0.25) is 14.8 Å². The zero-order valence-corrected chi connectivity index (χ0v) is 18.2. The molecule has 1 saturated heterocycles. The van der Waals surface area contributed by atoms with Crippen LogP contribution in [0, 0.1) is 0 Å². The van der Waals surface area contributed by atoms with Crippen LogP contribution in [0.15, 0.2) is 53.8 Å². The summed E-state index contributed by atoms with van der Waals surface area (Å²) >= 11 is 0. The summed E-state index contributed by atoms with van der Waals surface area (Å²) < 4.78 is 1.83. The Bertz CT molecular complexity index is 1360. The molecule has 1 aromatic carbocycles. The highest BCUT2D eigenvalue weighted by atomic mass is 16.2. The number of carbonyl (C=O) groups excluding carboxylic acids is 1. The van der Waals surface area contributed by atoms with Gasteiger partial charge in [0.25, 0.3) is 0 Å². The minimum Gasteiger partial charge on any atom is -0.341 e. The van der Waals surface area contributed by atoms with Gasteiger partial charge >= 0.3 is 0 Å². The van der Waals surface area contributed by atoms with E-state index in [4.69, 9.17) is 4.98 Å². The summed E-state index contributed by atoms with van der Waals surface area (Å²) in [5.41, 5.74) is 4.51. The lowest BCUT2D eigenvalue weighted by atomic mass is 10.1. The minimum atomic E-state index is 0.0378. The van der Waals surface area contributed by atoms with E-state index in [9.17, 15) is 4.79 Å². The van der Waals surface area contributed by atoms with Gasteiger partial charge in [0.2, 0.25) is 5.91 Å². The van der Waals surface area contributed by atoms with Crippen molar-refractivity contribution in [3.63, 3.8) is 0 Å². The van der Waals surface area contributed by atoms with E-state index in [1.54, 1.807) is 6.20 Å². The van der Waals surface area contributed by atoms with Crippen LogP contribution in [0.4, 0.5) is 0 Å². The van der Waals surface area contributed by atoms with Gasteiger partial charge in [-0.25, -0.2) is 9.67 Å². The number of hydrazone groups is 1. The summed E-state index contributed by atoms with van der Waals surface area (Å²) in [6.45, 7) is 3.28. The second kappa shape index (κ2) is 8.23. The second-order valence-corrected chi connectivity index (χ2v) is 8.66. The third-order valence-electron chi connectivity index (χ3n) is 6.35. The molecule has 9 heteroatoms. The van der Waals surface area contributed by atoms with E-state index in [1.165, 1.54) is 0 Å². The molecule has 2 aliphatic heterocycles. The number of aromatic nitrogens is 5. The van der Waals surface area contributed by atoms with Crippen LogP contribution in [-0.2, 0) is 11.3 Å². The Morgan fingerprint density at radius 3 is 2.85 bits per heavy atom. The van der Waals surface area contributed by atoms with Gasteiger partial charge in [0.15, 0.2) is 5.65 Å². The van der Waals surface area contributed by atoms with Crippen LogP contribution in [0.25, 0.3) is 22.1 Å². The average Bonchev–Trinajstić information content (AvgIpc) is 3.61. The number of carbonyl (C=O) groups is 1. The molecular formula is C24H24N8O. The first-order valence-corrected chi connectivity index (χ1v) is 11.3. The van der Waals surface area contributed by atoms with E-state index in [1.807, 2.05) is 45.1 Å². The monoisotopic (exact) mass is 440 g/mol. The molecule has 1 amide bonds. The predicted molar refractivity (Wildman–Crippen MR) is 125 cm³/mol. The molecule has 5 heterocycles. The van der Waals surface area contributed by atoms with Crippen molar-refractivity contribution < 1.29 is 4.79 Å². The number of fused-ring (bicyclic) bond motifs is 2. The Hall–Kier alpha value is -3.88. The largest absolute Gasteiger partial charge is 0.341 e. The first-order chi connectivity index (χ1) is 16.2. The van der Waals surface area contributed by atoms with Crippen molar-refractivity contribution in [1.82, 2.24) is 34.9 Å². The highest BCUT2D eigenvalue weighted by Crippen LogP contribution is 2.22. The van der Waals surface area contributed by atoms with Crippen molar-refractivity contribution in [2.75, 3.05) is 26.2 Å². The average molecular weight is 441 g/mol. The standard InChI is InChI=1S/C24H24N8O/c33-23(30-10-1-2-11-30)16-31-15-19(13-26-31)21-7-8-22-24(27-21)32(29-28-22)14-17-5-6-20-18(12-17)4-3-9-25-20/h3-9,12-13,19H,1-2,10-11,14-16H2. The summed E-state index contributed by atoms with van der Waals surface area (Å²) in [6, 6.07) is 14.1. The van der Waals surface area contributed by atoms with Gasteiger partial charge in [-0.15, -0.1) is 5.10 Å². The molecule has 1 unspecified atom stereocenters. The molecule has 3 aromatic heterocycles. The molecule has 0 N–H and O–H groups in total. The SMILES string of the molecule is O=C(CN1CC(c2ccc3nnn(Cc4ccc5ncccc5c4)c3n2)C=N1)N1CCCC1. The van der Waals surface area contributed by atoms with Gasteiger partial charge < -0.3 is 4.90 Å². The molecule has 4 aromatic rings. The lowest BCUT2D eigenvalue weighted by Crippen LogP contribution is -2.36. The van der Waals surface area contributed by atoms with Crippen LogP contribution in [-0.4, -0.2) is 73.2 Å². The van der Waals surface area contributed by atoms with Crippen LogP contribution >= 0.6 is 0 Å². The van der Waals surface area contributed by atoms with E-state index in [-0.39, 0.29) is 11.8 Å². The molecule has 33 heavy (non-hydrogen) atoms. The predicted octanol–water partition coefficient (Wildman–Crippen LogP) is 2.43. The van der Waals surface area contributed by atoms with Crippen molar-refractivity contribution in [2.45, 2.75) is 25.3 Å². The van der Waals surface area contributed by atoms with Gasteiger partial charge in [-0.2, -0.15) is 5.10 Å². The van der Waals surface area contributed by atoms with E-state index in [0.29, 0.717) is 19.6 Å². The maximum absolute atomic E-state index is 12.5. The zero-order chi connectivity index (χ0) is 22.2. The molecule has 0 aliphatic carbocycles. The number of hydrogen-bond donors (Lipinski definition) is 0. The Kier molecular flexibility index (Phi) is 4.93. The lowest BCUT2D eigenvalue weighted by Gasteiger charge is -2.20. The molecule has 0 saturated carbocycles. The summed E-state index contributed by atoms with van der Waals surface area (Å²) in [7, 11) is 0. The number of pyridine rings is 2. The molecule has 0 spiro atoms. The van der Waals surface area contributed by atoms with Crippen LogP contribution in [0.5, 0.6) is 0 Å². The summed E-state index contributed by atoms with van der Waals surface area (Å²) in [6.07, 6.45) is 5.88. The van der Waals surface area contributed by atoms with E-state index < -0.39 is 0 Å². The molecule has 166 valence electrons. The molecule has 1 atom stereocenters. The Labute approximate surface area is 190 Å². The van der Waals surface area contributed by atoms with Crippen molar-refractivity contribution in [1.29, 1.82) is 0 Å². The topological polar surface area (TPSA) is 92.4 Å². The number of amides is 1. The number of benzene rings is 1. The maximum Gasteiger partial charge on any atom is 0.243 e. The fraction of sp³-hybridized carbons (Fsp3) is 0.333. The number of rotatable bonds is 5. The first kappa shape index (κ1) is 19.8. The van der Waals surface area contributed by atoms with E-state index in [0.717, 1.165) is 59.3 Å². The summed E-state index contributed by atoms with van der Waals surface area (Å²) in [5.74, 6) is 0.192. The van der Waals surface area contributed by atoms with Gasteiger partial charge in [-0.05, 0) is 48.7 Å². The van der Waals surface area contributed by atoms with Crippen LogP contribution < -0.4 is 0 Å². The third-order valence-corrected chi connectivity index (χ3v) is 6.35. The van der Waals surface area contributed by atoms with Gasteiger partial charge in [0.05, 0.1) is 30.2 Å². The maximum atomic E-state index is 12.5.